The van der Waals surface area contributed by atoms with Crippen LogP contribution in [0.1, 0.15) is 19.4 Å². The summed E-state index contributed by atoms with van der Waals surface area (Å²) in [6, 6.07) is 3.75. The molecule has 0 atom stereocenters. The second-order valence-corrected chi connectivity index (χ2v) is 4.48. The van der Waals surface area contributed by atoms with Crippen molar-refractivity contribution >= 4 is 23.0 Å². The van der Waals surface area contributed by atoms with E-state index in [0.717, 1.165) is 17.9 Å². The summed E-state index contributed by atoms with van der Waals surface area (Å²) in [5.74, 6) is 1.51. The van der Waals surface area contributed by atoms with Gasteiger partial charge in [-0.15, -0.1) is 0 Å². The number of aromatic nitrogens is 1. The van der Waals surface area contributed by atoms with Crippen molar-refractivity contribution in [3.8, 4) is 0 Å². The highest BCUT2D eigenvalue weighted by Crippen LogP contribution is 2.12. The molecule has 0 aromatic carbocycles. The number of thiocarbonyl (C=S) groups is 1. The first kappa shape index (κ1) is 11.9. The molecule has 0 bridgehead atoms. The summed E-state index contributed by atoms with van der Waals surface area (Å²) in [7, 11) is 2.02. The van der Waals surface area contributed by atoms with Crippen LogP contribution in [-0.4, -0.2) is 23.6 Å². The van der Waals surface area contributed by atoms with E-state index in [1.54, 1.807) is 6.20 Å². The van der Waals surface area contributed by atoms with Crippen molar-refractivity contribution in [1.82, 2.24) is 4.98 Å². The van der Waals surface area contributed by atoms with Gasteiger partial charge >= 0.3 is 0 Å². The molecule has 0 radical (unpaired) electrons. The summed E-state index contributed by atoms with van der Waals surface area (Å²) >= 11 is 4.93. The summed E-state index contributed by atoms with van der Waals surface area (Å²) in [5, 5.41) is 0. The van der Waals surface area contributed by atoms with Gasteiger partial charge in [-0.1, -0.05) is 26.1 Å². The Morgan fingerprint density at radius 2 is 2.27 bits per heavy atom. The van der Waals surface area contributed by atoms with Crippen molar-refractivity contribution < 1.29 is 0 Å². The maximum absolute atomic E-state index is 5.57. The molecule has 1 heterocycles. The van der Waals surface area contributed by atoms with E-state index >= 15 is 0 Å². The summed E-state index contributed by atoms with van der Waals surface area (Å²) in [4.78, 5) is 6.80. The first-order valence-corrected chi connectivity index (χ1v) is 5.38. The van der Waals surface area contributed by atoms with Crippen molar-refractivity contribution in [2.45, 2.75) is 13.8 Å². The largest absolute Gasteiger partial charge is 0.389 e. The predicted octanol–water partition coefficient (Wildman–Crippen LogP) is 1.81. The van der Waals surface area contributed by atoms with Crippen LogP contribution in [0.25, 0.3) is 0 Å². The SMILES string of the molecule is CC(C)CN(C)c1cc(C(N)=S)ccn1. The first-order chi connectivity index (χ1) is 7.00. The van der Waals surface area contributed by atoms with E-state index in [0.29, 0.717) is 10.9 Å². The third-order valence-electron chi connectivity index (χ3n) is 2.06. The van der Waals surface area contributed by atoms with Crippen LogP contribution in [0.15, 0.2) is 18.3 Å². The van der Waals surface area contributed by atoms with Crippen molar-refractivity contribution in [1.29, 1.82) is 0 Å². The van der Waals surface area contributed by atoms with E-state index in [1.165, 1.54) is 0 Å². The predicted molar refractivity (Wildman–Crippen MR) is 68.2 cm³/mol. The fourth-order valence-electron chi connectivity index (χ4n) is 1.42. The van der Waals surface area contributed by atoms with Gasteiger partial charge in [0, 0.05) is 25.4 Å². The molecule has 4 heteroatoms. The molecule has 1 rings (SSSR count). The second-order valence-electron chi connectivity index (χ2n) is 4.04. The number of rotatable bonds is 4. The Balaban J connectivity index is 2.85. The summed E-state index contributed by atoms with van der Waals surface area (Å²) in [6.07, 6.45) is 1.74. The third-order valence-corrected chi connectivity index (χ3v) is 2.30. The summed E-state index contributed by atoms with van der Waals surface area (Å²) in [5.41, 5.74) is 6.44. The van der Waals surface area contributed by atoms with Gasteiger partial charge in [0.15, 0.2) is 0 Å². The van der Waals surface area contributed by atoms with Gasteiger partial charge in [-0.25, -0.2) is 4.98 Å². The molecule has 0 aliphatic heterocycles. The van der Waals surface area contributed by atoms with Gasteiger partial charge < -0.3 is 10.6 Å². The Morgan fingerprint density at radius 1 is 1.60 bits per heavy atom. The van der Waals surface area contributed by atoms with E-state index in [9.17, 15) is 0 Å². The van der Waals surface area contributed by atoms with Gasteiger partial charge in [0.2, 0.25) is 0 Å². The Labute approximate surface area is 96.3 Å². The standard InChI is InChI=1S/C11H17N3S/c1-8(2)7-14(3)10-6-9(11(12)15)4-5-13-10/h4-6,8H,7H2,1-3H3,(H2,12,15). The molecule has 15 heavy (non-hydrogen) atoms. The van der Waals surface area contributed by atoms with E-state index in [4.69, 9.17) is 18.0 Å². The van der Waals surface area contributed by atoms with E-state index in [1.807, 2.05) is 19.2 Å². The molecule has 0 spiro atoms. The lowest BCUT2D eigenvalue weighted by Gasteiger charge is -2.20. The maximum Gasteiger partial charge on any atom is 0.128 e. The Hall–Kier alpha value is -1.16. The Kier molecular flexibility index (Phi) is 4.03. The van der Waals surface area contributed by atoms with Gasteiger partial charge in [0.05, 0.1) is 0 Å². The minimum atomic E-state index is 0.414. The quantitative estimate of drug-likeness (QED) is 0.790. The van der Waals surface area contributed by atoms with Crippen LogP contribution in [0.5, 0.6) is 0 Å². The van der Waals surface area contributed by atoms with Gasteiger partial charge in [0.25, 0.3) is 0 Å². The zero-order chi connectivity index (χ0) is 11.4. The van der Waals surface area contributed by atoms with Crippen molar-refractivity contribution in [3.05, 3.63) is 23.9 Å². The molecule has 1 aromatic heterocycles. The lowest BCUT2D eigenvalue weighted by atomic mass is 10.2. The van der Waals surface area contributed by atoms with Crippen LogP contribution >= 0.6 is 12.2 Å². The summed E-state index contributed by atoms with van der Waals surface area (Å²) < 4.78 is 0. The molecule has 1 aromatic rings. The third kappa shape index (κ3) is 3.47. The molecule has 3 nitrogen and oxygen atoms in total. The molecule has 0 fully saturated rings. The number of hydrogen-bond donors (Lipinski definition) is 1. The average molecular weight is 223 g/mol. The molecule has 0 aliphatic carbocycles. The van der Waals surface area contributed by atoms with Crippen LogP contribution in [0.4, 0.5) is 5.82 Å². The smallest absolute Gasteiger partial charge is 0.128 e. The highest BCUT2D eigenvalue weighted by atomic mass is 32.1. The topological polar surface area (TPSA) is 42.1 Å². The lowest BCUT2D eigenvalue weighted by Crippen LogP contribution is -2.24. The van der Waals surface area contributed by atoms with Crippen LogP contribution in [0, 0.1) is 5.92 Å². The molecular weight excluding hydrogens is 206 g/mol. The van der Waals surface area contributed by atoms with Gasteiger partial charge in [-0.05, 0) is 18.1 Å². The van der Waals surface area contributed by atoms with Crippen LogP contribution in [-0.2, 0) is 0 Å². The van der Waals surface area contributed by atoms with Crippen LogP contribution < -0.4 is 10.6 Å². The fourth-order valence-corrected chi connectivity index (χ4v) is 1.55. The highest BCUT2D eigenvalue weighted by Gasteiger charge is 2.06. The lowest BCUT2D eigenvalue weighted by molar-refractivity contribution is 0.634. The number of hydrogen-bond acceptors (Lipinski definition) is 3. The zero-order valence-electron chi connectivity index (χ0n) is 9.40. The average Bonchev–Trinajstić information content (AvgIpc) is 2.17. The van der Waals surface area contributed by atoms with E-state index in [2.05, 4.69) is 23.7 Å². The molecule has 0 saturated carbocycles. The van der Waals surface area contributed by atoms with Crippen LogP contribution in [0.3, 0.4) is 0 Å². The Morgan fingerprint density at radius 3 is 2.80 bits per heavy atom. The molecule has 0 amide bonds. The number of pyridine rings is 1. The molecule has 82 valence electrons. The van der Waals surface area contributed by atoms with Crippen molar-refractivity contribution in [2.24, 2.45) is 11.7 Å². The number of anilines is 1. The molecule has 0 unspecified atom stereocenters. The van der Waals surface area contributed by atoms with Gasteiger partial charge in [-0.3, -0.25) is 0 Å². The zero-order valence-corrected chi connectivity index (χ0v) is 10.2. The molecule has 2 N–H and O–H groups in total. The normalized spacial score (nSPS) is 10.4. The first-order valence-electron chi connectivity index (χ1n) is 4.97. The number of nitrogens with two attached hydrogens (primary N) is 1. The van der Waals surface area contributed by atoms with Gasteiger partial charge in [0.1, 0.15) is 10.8 Å². The molecule has 0 aliphatic rings. The fraction of sp³-hybridized carbons (Fsp3) is 0.455. The highest BCUT2D eigenvalue weighted by molar-refractivity contribution is 7.80. The van der Waals surface area contributed by atoms with E-state index < -0.39 is 0 Å². The summed E-state index contributed by atoms with van der Waals surface area (Å²) in [6.45, 7) is 5.32. The maximum atomic E-state index is 5.57. The van der Waals surface area contributed by atoms with Gasteiger partial charge in [-0.2, -0.15) is 0 Å². The monoisotopic (exact) mass is 223 g/mol. The van der Waals surface area contributed by atoms with E-state index in [-0.39, 0.29) is 0 Å². The second kappa shape index (κ2) is 5.07. The van der Waals surface area contributed by atoms with Crippen LogP contribution in [0.2, 0.25) is 0 Å². The van der Waals surface area contributed by atoms with Crippen molar-refractivity contribution in [3.63, 3.8) is 0 Å². The molecular formula is C11H17N3S. The van der Waals surface area contributed by atoms with Crippen molar-refractivity contribution in [2.75, 3.05) is 18.5 Å². The molecule has 0 saturated heterocycles. The number of nitrogens with zero attached hydrogens (tertiary/aromatic N) is 2. The minimum Gasteiger partial charge on any atom is -0.389 e. The Bertz CT molecular complexity index is 349. The minimum absolute atomic E-state index is 0.414.